The second kappa shape index (κ2) is 6.60. The summed E-state index contributed by atoms with van der Waals surface area (Å²) in [5.41, 5.74) is 1.41. The van der Waals surface area contributed by atoms with E-state index in [0.717, 1.165) is 5.56 Å². The molecule has 1 aromatic carbocycles. The molecule has 1 aliphatic heterocycles. The van der Waals surface area contributed by atoms with Crippen LogP contribution in [0.15, 0.2) is 35.5 Å². The van der Waals surface area contributed by atoms with E-state index in [1.807, 2.05) is 0 Å². The summed E-state index contributed by atoms with van der Waals surface area (Å²) in [5.74, 6) is -0.533. The standard InChI is InChI=1S/C14H15ClN2O4/c1-20-7-10-11(13(18)21-2)12(17-14(19)16-10)8-3-5-9(15)6-4-8/h3-6,12H,7H2,1-2H3,(H2,16,17,19). The van der Waals surface area contributed by atoms with Crippen molar-refractivity contribution in [1.29, 1.82) is 0 Å². The Labute approximate surface area is 127 Å². The summed E-state index contributed by atoms with van der Waals surface area (Å²) in [6, 6.07) is 5.84. The molecule has 2 N–H and O–H groups in total. The molecule has 1 aliphatic rings. The van der Waals surface area contributed by atoms with Gasteiger partial charge in [-0.05, 0) is 17.7 Å². The van der Waals surface area contributed by atoms with Gasteiger partial charge in [-0.25, -0.2) is 9.59 Å². The Morgan fingerprint density at radius 1 is 1.29 bits per heavy atom. The number of hydrogen-bond donors (Lipinski definition) is 2. The molecule has 112 valence electrons. The van der Waals surface area contributed by atoms with Gasteiger partial charge >= 0.3 is 12.0 Å². The third-order valence-corrected chi connectivity index (χ3v) is 3.30. The highest BCUT2D eigenvalue weighted by molar-refractivity contribution is 6.30. The third kappa shape index (κ3) is 3.34. The zero-order chi connectivity index (χ0) is 15.4. The molecule has 0 spiro atoms. The molecule has 0 saturated carbocycles. The first-order valence-corrected chi connectivity index (χ1v) is 6.58. The fourth-order valence-electron chi connectivity index (χ4n) is 2.13. The second-order valence-corrected chi connectivity index (χ2v) is 4.84. The third-order valence-electron chi connectivity index (χ3n) is 3.05. The van der Waals surface area contributed by atoms with Gasteiger partial charge < -0.3 is 20.1 Å². The first-order chi connectivity index (χ1) is 10.1. The molecule has 0 aromatic heterocycles. The van der Waals surface area contributed by atoms with E-state index in [9.17, 15) is 9.59 Å². The van der Waals surface area contributed by atoms with Crippen molar-refractivity contribution < 1.29 is 19.1 Å². The molecule has 1 unspecified atom stereocenters. The number of carbonyl (C=O) groups is 2. The first kappa shape index (κ1) is 15.3. The number of rotatable bonds is 4. The van der Waals surface area contributed by atoms with E-state index in [1.165, 1.54) is 14.2 Å². The van der Waals surface area contributed by atoms with Crippen LogP contribution in [0.4, 0.5) is 4.79 Å². The van der Waals surface area contributed by atoms with Gasteiger partial charge in [-0.15, -0.1) is 0 Å². The summed E-state index contributed by atoms with van der Waals surface area (Å²) in [6.45, 7) is 0.0991. The number of nitrogens with one attached hydrogen (secondary N) is 2. The summed E-state index contributed by atoms with van der Waals surface area (Å²) in [5, 5.41) is 5.84. The molecule has 2 rings (SSSR count). The molecule has 1 heterocycles. The Morgan fingerprint density at radius 3 is 2.52 bits per heavy atom. The highest BCUT2D eigenvalue weighted by atomic mass is 35.5. The number of halogens is 1. The summed E-state index contributed by atoms with van der Waals surface area (Å²) in [4.78, 5) is 23.8. The van der Waals surface area contributed by atoms with Crippen LogP contribution in [0.5, 0.6) is 0 Å². The van der Waals surface area contributed by atoms with Crippen LogP contribution >= 0.6 is 11.6 Å². The SMILES string of the molecule is COCC1=C(C(=O)OC)C(c2ccc(Cl)cc2)NC(=O)N1. The predicted molar refractivity (Wildman–Crippen MR) is 76.8 cm³/mol. The maximum absolute atomic E-state index is 12.1. The maximum Gasteiger partial charge on any atom is 0.338 e. The number of esters is 1. The van der Waals surface area contributed by atoms with Crippen LogP contribution in [0.2, 0.25) is 5.02 Å². The number of carbonyl (C=O) groups excluding carboxylic acids is 2. The Hall–Kier alpha value is -2.05. The number of benzene rings is 1. The predicted octanol–water partition coefficient (Wildman–Crippen LogP) is 1.77. The molecule has 6 nitrogen and oxygen atoms in total. The average Bonchev–Trinajstić information content (AvgIpc) is 2.47. The largest absolute Gasteiger partial charge is 0.466 e. The van der Waals surface area contributed by atoms with Crippen molar-refractivity contribution in [2.24, 2.45) is 0 Å². The molecule has 1 atom stereocenters. The fourth-order valence-corrected chi connectivity index (χ4v) is 2.26. The Balaban J connectivity index is 2.49. The lowest BCUT2D eigenvalue weighted by Crippen LogP contribution is -2.46. The van der Waals surface area contributed by atoms with Gasteiger partial charge in [0.1, 0.15) is 0 Å². The van der Waals surface area contributed by atoms with Gasteiger partial charge in [-0.3, -0.25) is 0 Å². The lowest BCUT2D eigenvalue weighted by atomic mass is 9.95. The molecule has 0 fully saturated rings. The van der Waals surface area contributed by atoms with Gasteiger partial charge in [-0.1, -0.05) is 23.7 Å². The topological polar surface area (TPSA) is 76.7 Å². The first-order valence-electron chi connectivity index (χ1n) is 6.20. The van der Waals surface area contributed by atoms with Crippen LogP contribution in [0.1, 0.15) is 11.6 Å². The van der Waals surface area contributed by atoms with E-state index >= 15 is 0 Å². The van der Waals surface area contributed by atoms with Crippen LogP contribution in [0.3, 0.4) is 0 Å². The number of urea groups is 1. The maximum atomic E-state index is 12.1. The molecular weight excluding hydrogens is 296 g/mol. The van der Waals surface area contributed by atoms with Gasteiger partial charge in [0, 0.05) is 12.1 Å². The van der Waals surface area contributed by atoms with Gasteiger partial charge in [0.15, 0.2) is 0 Å². The van der Waals surface area contributed by atoms with Gasteiger partial charge in [0.25, 0.3) is 0 Å². The highest BCUT2D eigenvalue weighted by Gasteiger charge is 2.33. The van der Waals surface area contributed by atoms with Crippen molar-refractivity contribution in [3.8, 4) is 0 Å². The molecule has 0 radical (unpaired) electrons. The number of ether oxygens (including phenoxy) is 2. The monoisotopic (exact) mass is 310 g/mol. The van der Waals surface area contributed by atoms with E-state index in [1.54, 1.807) is 24.3 Å². The van der Waals surface area contributed by atoms with E-state index in [4.69, 9.17) is 21.1 Å². The van der Waals surface area contributed by atoms with Crippen LogP contribution in [0, 0.1) is 0 Å². The number of hydrogen-bond acceptors (Lipinski definition) is 4. The Bertz CT molecular complexity index is 583. The molecule has 0 saturated heterocycles. The summed E-state index contributed by atoms with van der Waals surface area (Å²) < 4.78 is 9.84. The molecule has 0 bridgehead atoms. The smallest absolute Gasteiger partial charge is 0.338 e. The minimum Gasteiger partial charge on any atom is -0.466 e. The highest BCUT2D eigenvalue weighted by Crippen LogP contribution is 2.28. The van der Waals surface area contributed by atoms with Gasteiger partial charge in [0.2, 0.25) is 0 Å². The number of amides is 2. The van der Waals surface area contributed by atoms with Crippen LogP contribution in [0.25, 0.3) is 0 Å². The molecular formula is C14H15ClN2O4. The lowest BCUT2D eigenvalue weighted by Gasteiger charge is -2.28. The Kier molecular flexibility index (Phi) is 4.82. The van der Waals surface area contributed by atoms with Crippen LogP contribution in [-0.4, -0.2) is 32.8 Å². The van der Waals surface area contributed by atoms with Crippen molar-refractivity contribution in [2.75, 3.05) is 20.8 Å². The average molecular weight is 311 g/mol. The van der Waals surface area contributed by atoms with Crippen molar-refractivity contribution in [2.45, 2.75) is 6.04 Å². The van der Waals surface area contributed by atoms with E-state index in [0.29, 0.717) is 16.3 Å². The molecule has 2 amide bonds. The van der Waals surface area contributed by atoms with Crippen LogP contribution in [-0.2, 0) is 14.3 Å². The van der Waals surface area contributed by atoms with Crippen molar-refractivity contribution in [3.05, 3.63) is 46.1 Å². The molecule has 0 aliphatic carbocycles. The van der Waals surface area contributed by atoms with Gasteiger partial charge in [0.05, 0.1) is 31.0 Å². The summed E-state index contributed by atoms with van der Waals surface area (Å²) in [7, 11) is 2.77. The van der Waals surface area contributed by atoms with Crippen LogP contribution < -0.4 is 10.6 Å². The fraction of sp³-hybridized carbons (Fsp3) is 0.286. The second-order valence-electron chi connectivity index (χ2n) is 4.40. The van der Waals surface area contributed by atoms with Gasteiger partial charge in [-0.2, -0.15) is 0 Å². The molecule has 7 heteroatoms. The van der Waals surface area contributed by atoms with Crippen molar-refractivity contribution in [1.82, 2.24) is 10.6 Å². The van der Waals surface area contributed by atoms with E-state index in [-0.39, 0.29) is 6.61 Å². The normalized spacial score (nSPS) is 18.0. The Morgan fingerprint density at radius 2 is 1.95 bits per heavy atom. The molecule has 21 heavy (non-hydrogen) atoms. The van der Waals surface area contributed by atoms with E-state index < -0.39 is 18.0 Å². The lowest BCUT2D eigenvalue weighted by molar-refractivity contribution is -0.136. The minimum absolute atomic E-state index is 0.0991. The number of methoxy groups -OCH3 is 2. The van der Waals surface area contributed by atoms with Crippen molar-refractivity contribution >= 4 is 23.6 Å². The minimum atomic E-state index is -0.617. The van der Waals surface area contributed by atoms with E-state index in [2.05, 4.69) is 10.6 Å². The molecule has 1 aromatic rings. The zero-order valence-corrected chi connectivity index (χ0v) is 12.4. The summed E-state index contributed by atoms with van der Waals surface area (Å²) >= 11 is 5.86. The quantitative estimate of drug-likeness (QED) is 0.831. The van der Waals surface area contributed by atoms with Crippen molar-refractivity contribution in [3.63, 3.8) is 0 Å². The zero-order valence-electron chi connectivity index (χ0n) is 11.6. The summed E-state index contributed by atoms with van der Waals surface area (Å²) in [6.07, 6.45) is 0.